The van der Waals surface area contributed by atoms with Crippen LogP contribution < -0.4 is 0 Å². The molecule has 0 aromatic carbocycles. The number of hydrogen-bond acceptors (Lipinski definition) is 2. The van der Waals surface area contributed by atoms with Crippen LogP contribution in [0.5, 0.6) is 0 Å². The Hall–Kier alpha value is -0.570. The summed E-state index contributed by atoms with van der Waals surface area (Å²) in [5, 5.41) is 9.36. The van der Waals surface area contributed by atoms with Gasteiger partial charge >= 0.3 is 5.97 Å². The molecule has 1 saturated heterocycles. The molecular weight excluding hydrogens is 226 g/mol. The minimum Gasteiger partial charge on any atom is -0.481 e. The van der Waals surface area contributed by atoms with Gasteiger partial charge in [-0.15, -0.1) is 0 Å². The summed E-state index contributed by atoms with van der Waals surface area (Å²) < 4.78 is 0. The third-order valence-electron chi connectivity index (χ3n) is 5.07. The van der Waals surface area contributed by atoms with Crippen LogP contribution in [0.4, 0.5) is 0 Å². The standard InChI is InChI=1S/C15H29NO2/c1-6-11(2)12(3)16-9-7-8-13(10-16)15(4,5)14(17)18/h11-13H,6-10H2,1-5H3,(H,17,18). The maximum absolute atomic E-state index is 11.4. The van der Waals surface area contributed by atoms with Crippen LogP contribution in [0.1, 0.15) is 53.9 Å². The van der Waals surface area contributed by atoms with Gasteiger partial charge in [0.15, 0.2) is 0 Å². The van der Waals surface area contributed by atoms with Gasteiger partial charge in [0, 0.05) is 12.6 Å². The smallest absolute Gasteiger partial charge is 0.309 e. The highest BCUT2D eigenvalue weighted by atomic mass is 16.4. The van der Waals surface area contributed by atoms with E-state index in [-0.39, 0.29) is 5.92 Å². The van der Waals surface area contributed by atoms with Gasteiger partial charge in [0.1, 0.15) is 0 Å². The first kappa shape index (κ1) is 15.5. The van der Waals surface area contributed by atoms with Crippen LogP contribution >= 0.6 is 0 Å². The Morgan fingerprint density at radius 3 is 2.56 bits per heavy atom. The molecule has 3 atom stereocenters. The molecule has 3 unspecified atom stereocenters. The lowest BCUT2D eigenvalue weighted by Gasteiger charge is -2.43. The molecule has 0 aromatic rings. The molecule has 0 aliphatic carbocycles. The van der Waals surface area contributed by atoms with E-state index in [1.165, 1.54) is 6.42 Å². The Morgan fingerprint density at radius 2 is 2.06 bits per heavy atom. The average Bonchev–Trinajstić information content (AvgIpc) is 2.36. The molecule has 1 heterocycles. The Kier molecular flexibility index (Phi) is 5.20. The Balaban J connectivity index is 2.69. The van der Waals surface area contributed by atoms with Gasteiger partial charge in [0.2, 0.25) is 0 Å². The second kappa shape index (κ2) is 6.05. The first-order chi connectivity index (χ1) is 8.30. The minimum atomic E-state index is -0.662. The topological polar surface area (TPSA) is 40.5 Å². The zero-order valence-corrected chi connectivity index (χ0v) is 12.6. The molecule has 1 aliphatic rings. The lowest BCUT2D eigenvalue weighted by molar-refractivity contribution is -0.151. The summed E-state index contributed by atoms with van der Waals surface area (Å²) in [6.07, 6.45) is 3.36. The van der Waals surface area contributed by atoms with Crippen molar-refractivity contribution in [3.63, 3.8) is 0 Å². The molecule has 1 fully saturated rings. The molecule has 0 radical (unpaired) electrons. The summed E-state index contributed by atoms with van der Waals surface area (Å²) >= 11 is 0. The molecule has 1 N–H and O–H groups in total. The third-order valence-corrected chi connectivity index (χ3v) is 5.07. The fraction of sp³-hybridized carbons (Fsp3) is 0.933. The summed E-state index contributed by atoms with van der Waals surface area (Å²) in [5.74, 6) is 0.289. The lowest BCUT2D eigenvalue weighted by Crippen LogP contribution is -2.49. The van der Waals surface area contributed by atoms with Gasteiger partial charge in [0.05, 0.1) is 5.41 Å². The molecule has 3 heteroatoms. The van der Waals surface area contributed by atoms with Gasteiger partial charge in [-0.1, -0.05) is 20.3 Å². The molecule has 18 heavy (non-hydrogen) atoms. The van der Waals surface area contributed by atoms with E-state index >= 15 is 0 Å². The SMILES string of the molecule is CCC(C)C(C)N1CCCC(C(C)(C)C(=O)O)C1. The normalized spacial score (nSPS) is 25.7. The molecule has 106 valence electrons. The zero-order chi connectivity index (χ0) is 13.9. The van der Waals surface area contributed by atoms with E-state index in [0.29, 0.717) is 12.0 Å². The van der Waals surface area contributed by atoms with Gasteiger partial charge in [-0.05, 0) is 52.0 Å². The van der Waals surface area contributed by atoms with Crippen molar-refractivity contribution in [2.75, 3.05) is 13.1 Å². The maximum atomic E-state index is 11.4. The third kappa shape index (κ3) is 3.25. The van der Waals surface area contributed by atoms with Crippen molar-refractivity contribution in [2.45, 2.75) is 59.9 Å². The molecule has 0 bridgehead atoms. The zero-order valence-electron chi connectivity index (χ0n) is 12.6. The predicted octanol–water partition coefficient (Wildman–Crippen LogP) is 3.24. The lowest BCUT2D eigenvalue weighted by atomic mass is 9.74. The number of nitrogens with zero attached hydrogens (tertiary/aromatic N) is 1. The van der Waals surface area contributed by atoms with Crippen molar-refractivity contribution in [1.29, 1.82) is 0 Å². The maximum Gasteiger partial charge on any atom is 0.309 e. The summed E-state index contributed by atoms with van der Waals surface area (Å²) in [4.78, 5) is 13.9. The number of carboxylic acids is 1. The number of hydrogen-bond donors (Lipinski definition) is 1. The van der Waals surface area contributed by atoms with Crippen LogP contribution in [-0.4, -0.2) is 35.1 Å². The Bertz CT molecular complexity index is 288. The van der Waals surface area contributed by atoms with E-state index in [4.69, 9.17) is 0 Å². The molecule has 3 nitrogen and oxygen atoms in total. The van der Waals surface area contributed by atoms with Gasteiger partial charge in [0.25, 0.3) is 0 Å². The predicted molar refractivity (Wildman–Crippen MR) is 74.6 cm³/mol. The largest absolute Gasteiger partial charge is 0.481 e. The second-order valence-electron chi connectivity index (χ2n) is 6.49. The number of carbonyl (C=O) groups is 1. The van der Waals surface area contributed by atoms with Crippen molar-refractivity contribution in [3.05, 3.63) is 0 Å². The highest BCUT2D eigenvalue weighted by molar-refractivity contribution is 5.74. The number of rotatable bonds is 5. The van der Waals surface area contributed by atoms with Crippen LogP contribution in [0.3, 0.4) is 0 Å². The van der Waals surface area contributed by atoms with E-state index in [1.54, 1.807) is 0 Å². The van der Waals surface area contributed by atoms with Gasteiger partial charge < -0.3 is 10.0 Å². The van der Waals surface area contributed by atoms with Crippen molar-refractivity contribution < 1.29 is 9.90 Å². The summed E-state index contributed by atoms with van der Waals surface area (Å²) in [6.45, 7) is 12.6. The highest BCUT2D eigenvalue weighted by Crippen LogP contribution is 2.35. The van der Waals surface area contributed by atoms with Crippen LogP contribution in [0, 0.1) is 17.3 Å². The van der Waals surface area contributed by atoms with Crippen LogP contribution in [0.2, 0.25) is 0 Å². The van der Waals surface area contributed by atoms with Crippen LogP contribution in [0.15, 0.2) is 0 Å². The van der Waals surface area contributed by atoms with Crippen LogP contribution in [-0.2, 0) is 4.79 Å². The van der Waals surface area contributed by atoms with Crippen molar-refractivity contribution in [1.82, 2.24) is 4.90 Å². The first-order valence-electron chi connectivity index (χ1n) is 7.28. The first-order valence-corrected chi connectivity index (χ1v) is 7.28. The van der Waals surface area contributed by atoms with E-state index in [1.807, 2.05) is 13.8 Å². The number of aliphatic carboxylic acids is 1. The molecule has 0 amide bonds. The van der Waals surface area contributed by atoms with Gasteiger partial charge in [-0.25, -0.2) is 0 Å². The Morgan fingerprint density at radius 1 is 1.44 bits per heavy atom. The molecule has 1 aliphatic heterocycles. The van der Waals surface area contributed by atoms with E-state index < -0.39 is 11.4 Å². The van der Waals surface area contributed by atoms with E-state index in [2.05, 4.69) is 25.7 Å². The number of piperidine rings is 1. The van der Waals surface area contributed by atoms with Gasteiger partial charge in [-0.2, -0.15) is 0 Å². The summed E-state index contributed by atoms with van der Waals surface area (Å²) in [7, 11) is 0. The van der Waals surface area contributed by atoms with Crippen LogP contribution in [0.25, 0.3) is 0 Å². The molecule has 1 rings (SSSR count). The highest BCUT2D eigenvalue weighted by Gasteiger charge is 2.40. The van der Waals surface area contributed by atoms with Gasteiger partial charge in [-0.3, -0.25) is 4.79 Å². The Labute approximate surface area is 112 Å². The van der Waals surface area contributed by atoms with E-state index in [9.17, 15) is 9.90 Å². The second-order valence-corrected chi connectivity index (χ2v) is 6.49. The van der Waals surface area contributed by atoms with E-state index in [0.717, 1.165) is 25.9 Å². The van der Waals surface area contributed by atoms with Crippen molar-refractivity contribution >= 4 is 5.97 Å². The van der Waals surface area contributed by atoms with Crippen molar-refractivity contribution in [3.8, 4) is 0 Å². The number of carboxylic acid groups (broad SMARTS) is 1. The fourth-order valence-corrected chi connectivity index (χ4v) is 2.84. The van der Waals surface area contributed by atoms with Crippen molar-refractivity contribution in [2.24, 2.45) is 17.3 Å². The molecule has 0 spiro atoms. The molecule has 0 aromatic heterocycles. The average molecular weight is 255 g/mol. The summed E-state index contributed by atoms with van der Waals surface area (Å²) in [6, 6.07) is 0.558. The number of likely N-dealkylation sites (tertiary alicyclic amines) is 1. The monoisotopic (exact) mass is 255 g/mol. The minimum absolute atomic E-state index is 0.273. The quantitative estimate of drug-likeness (QED) is 0.820. The fourth-order valence-electron chi connectivity index (χ4n) is 2.84. The summed E-state index contributed by atoms with van der Waals surface area (Å²) in [5.41, 5.74) is -0.603. The molecule has 0 saturated carbocycles. The molecular formula is C15H29NO2.